The zero-order valence-electron chi connectivity index (χ0n) is 20.3. The summed E-state index contributed by atoms with van der Waals surface area (Å²) in [5.74, 6) is -3.90. The predicted octanol–water partition coefficient (Wildman–Crippen LogP) is 2.88. The van der Waals surface area contributed by atoms with E-state index in [1.807, 2.05) is 38.2 Å². The number of hydrazone groups is 1. The van der Waals surface area contributed by atoms with Crippen molar-refractivity contribution in [3.63, 3.8) is 0 Å². The molecule has 0 saturated carbocycles. The number of ketones is 1. The summed E-state index contributed by atoms with van der Waals surface area (Å²) in [6.45, 7) is 3.98. The number of ether oxygens (including phenoxy) is 1. The van der Waals surface area contributed by atoms with Gasteiger partial charge in [0.05, 0.1) is 16.9 Å². The van der Waals surface area contributed by atoms with E-state index in [9.17, 15) is 24.8 Å². The molecule has 6 rings (SSSR count). The van der Waals surface area contributed by atoms with E-state index in [-0.39, 0.29) is 46.0 Å². The van der Waals surface area contributed by atoms with Crippen LogP contribution in [-0.2, 0) is 16.1 Å². The largest absolute Gasteiger partial charge is 0.454 e. The number of allylic oxidation sites excluding steroid dienone is 2. The zero-order valence-corrected chi connectivity index (χ0v) is 20.3. The molecule has 2 aromatic carbocycles. The molecule has 4 atom stereocenters. The molecule has 10 nitrogen and oxygen atoms in total. The van der Waals surface area contributed by atoms with Crippen LogP contribution in [0.15, 0.2) is 65.8 Å². The predicted molar refractivity (Wildman–Crippen MR) is 133 cm³/mol. The highest BCUT2D eigenvalue weighted by Crippen LogP contribution is 2.59. The molecule has 0 aromatic heterocycles. The van der Waals surface area contributed by atoms with Crippen molar-refractivity contribution < 1.29 is 24.4 Å². The number of carbonyl (C=O) groups is 2. The monoisotopic (exact) mass is 500 g/mol. The summed E-state index contributed by atoms with van der Waals surface area (Å²) >= 11 is 0. The van der Waals surface area contributed by atoms with Crippen LogP contribution in [-0.4, -0.2) is 45.5 Å². The van der Waals surface area contributed by atoms with Gasteiger partial charge in [0.15, 0.2) is 0 Å². The number of hydrogen-bond acceptors (Lipinski definition) is 8. The van der Waals surface area contributed by atoms with E-state index in [1.54, 1.807) is 30.3 Å². The zero-order chi connectivity index (χ0) is 26.3. The van der Waals surface area contributed by atoms with E-state index in [0.29, 0.717) is 0 Å². The Hall–Kier alpha value is -4.31. The van der Waals surface area contributed by atoms with Crippen LogP contribution in [0.4, 0.5) is 5.69 Å². The maximum absolute atomic E-state index is 14.2. The van der Waals surface area contributed by atoms with Crippen LogP contribution < -0.4 is 10.1 Å². The molecule has 0 bridgehead atoms. The summed E-state index contributed by atoms with van der Waals surface area (Å²) in [7, 11) is 1.75. The van der Waals surface area contributed by atoms with Crippen LogP contribution in [0.5, 0.6) is 5.75 Å². The third-order valence-corrected chi connectivity index (χ3v) is 7.67. The van der Waals surface area contributed by atoms with Crippen molar-refractivity contribution in [1.29, 1.82) is 0 Å². The minimum absolute atomic E-state index is 0.0712. The van der Waals surface area contributed by atoms with Crippen LogP contribution in [0.3, 0.4) is 0 Å². The number of carbonyl (C=O) groups excluding carboxylic acids is 2. The maximum Gasteiger partial charge on any atom is 0.280 e. The topological polar surface area (TPSA) is 134 Å². The Labute approximate surface area is 212 Å². The Morgan fingerprint density at radius 1 is 1.22 bits per heavy atom. The molecule has 2 aromatic rings. The van der Waals surface area contributed by atoms with Gasteiger partial charge in [-0.05, 0) is 17.5 Å². The lowest BCUT2D eigenvalue weighted by Gasteiger charge is -2.34. The summed E-state index contributed by atoms with van der Waals surface area (Å²) < 4.78 is 6.06. The van der Waals surface area contributed by atoms with Crippen LogP contribution in [0.25, 0.3) is 0 Å². The molecule has 0 fully saturated rings. The van der Waals surface area contributed by atoms with Crippen LogP contribution >= 0.6 is 0 Å². The highest BCUT2D eigenvalue weighted by molar-refractivity contribution is 6.41. The molecule has 4 unspecified atom stereocenters. The number of amides is 1. The van der Waals surface area contributed by atoms with Gasteiger partial charge in [0, 0.05) is 24.2 Å². The van der Waals surface area contributed by atoms with E-state index in [1.165, 1.54) is 18.2 Å². The average molecular weight is 501 g/mol. The van der Waals surface area contributed by atoms with E-state index >= 15 is 0 Å². The number of aliphatic hydroxyl groups is 1. The second-order valence-electron chi connectivity index (χ2n) is 9.99. The van der Waals surface area contributed by atoms with Crippen molar-refractivity contribution in [3.05, 3.63) is 93.1 Å². The Balaban J connectivity index is 1.53. The van der Waals surface area contributed by atoms with Gasteiger partial charge < -0.3 is 15.2 Å². The van der Waals surface area contributed by atoms with Crippen molar-refractivity contribution in [2.24, 2.45) is 11.0 Å². The Kier molecular flexibility index (Phi) is 4.74. The smallest absolute Gasteiger partial charge is 0.280 e. The number of Topliss-reactive ketones (excluding diaryl/α,β-unsaturated/α-hetero) is 1. The van der Waals surface area contributed by atoms with Crippen molar-refractivity contribution in [2.75, 3.05) is 7.05 Å². The van der Waals surface area contributed by atoms with Gasteiger partial charge in [-0.2, -0.15) is 5.10 Å². The molecule has 0 radical (unpaired) electrons. The fourth-order valence-electron chi connectivity index (χ4n) is 5.79. The minimum Gasteiger partial charge on any atom is -0.454 e. The first-order valence-electron chi connectivity index (χ1n) is 12.0. The van der Waals surface area contributed by atoms with E-state index in [4.69, 9.17) is 4.74 Å². The molecular weight excluding hydrogens is 476 g/mol. The summed E-state index contributed by atoms with van der Waals surface area (Å²) in [5.41, 5.74) is -1.69. The molecule has 37 heavy (non-hydrogen) atoms. The number of rotatable bonds is 4. The van der Waals surface area contributed by atoms with Gasteiger partial charge in [0.1, 0.15) is 17.0 Å². The third kappa shape index (κ3) is 2.87. The number of fused-ring (bicyclic) bond motifs is 6. The first-order valence-corrected chi connectivity index (χ1v) is 12.0. The SMILES string of the molecule is CC(C)c1ccc2c(c1)OC1(O)c3cccc([N+](=O)[O-])c3C(=O)C21NC(=O)C1=NN(C)C2C=CC=CC12. The summed E-state index contributed by atoms with van der Waals surface area (Å²) in [5, 5.41) is 32.7. The number of nitrogens with one attached hydrogen (secondary N) is 1. The highest BCUT2D eigenvalue weighted by atomic mass is 16.6. The van der Waals surface area contributed by atoms with Crippen molar-refractivity contribution in [1.82, 2.24) is 10.3 Å². The summed E-state index contributed by atoms with van der Waals surface area (Å²) in [4.78, 5) is 39.1. The van der Waals surface area contributed by atoms with Gasteiger partial charge in [-0.1, -0.05) is 62.4 Å². The molecule has 0 spiro atoms. The molecule has 188 valence electrons. The number of nitrogens with zero attached hydrogens (tertiary/aromatic N) is 3. The van der Waals surface area contributed by atoms with Crippen molar-refractivity contribution >= 4 is 23.1 Å². The molecule has 10 heteroatoms. The Morgan fingerprint density at radius 2 is 1.97 bits per heavy atom. The Morgan fingerprint density at radius 3 is 2.70 bits per heavy atom. The van der Waals surface area contributed by atoms with Crippen LogP contribution in [0, 0.1) is 16.0 Å². The van der Waals surface area contributed by atoms with Gasteiger partial charge in [-0.25, -0.2) is 0 Å². The van der Waals surface area contributed by atoms with Gasteiger partial charge >= 0.3 is 0 Å². The second-order valence-corrected chi connectivity index (χ2v) is 9.99. The molecule has 1 amide bonds. The number of nitro benzene ring substituents is 1. The van der Waals surface area contributed by atoms with E-state index in [0.717, 1.165) is 5.56 Å². The van der Waals surface area contributed by atoms with Gasteiger partial charge in [0.2, 0.25) is 11.3 Å². The summed E-state index contributed by atoms with van der Waals surface area (Å²) in [6.07, 6.45) is 7.46. The average Bonchev–Trinajstić information content (AvgIpc) is 3.41. The normalized spacial score (nSPS) is 28.4. The Bertz CT molecular complexity index is 1490. The quantitative estimate of drug-likeness (QED) is 0.487. The van der Waals surface area contributed by atoms with Gasteiger partial charge in [-0.15, -0.1) is 0 Å². The van der Waals surface area contributed by atoms with E-state index < -0.39 is 33.6 Å². The molecule has 0 saturated heterocycles. The molecular formula is C27H24N4O6. The minimum atomic E-state index is -2.40. The van der Waals surface area contributed by atoms with Crippen molar-refractivity contribution in [2.45, 2.75) is 37.1 Å². The van der Waals surface area contributed by atoms with Gasteiger partial charge in [-0.3, -0.25) is 24.7 Å². The second kappa shape index (κ2) is 7.59. The third-order valence-electron chi connectivity index (χ3n) is 7.67. The van der Waals surface area contributed by atoms with Crippen LogP contribution in [0.1, 0.15) is 46.8 Å². The standard InChI is InChI=1S/C27H24N4O6/c1-14(2)15-11-12-17-21(13-15)37-27(34)18-8-6-10-20(31(35)36)22(18)24(32)26(17,27)28-25(33)23-16-7-4-5-9-19(16)30(3)29-23/h4-14,16,19,34H,1-3H3,(H,28,33). The fraction of sp³-hybridized carbons (Fsp3) is 0.296. The number of hydrogen-bond donors (Lipinski definition) is 2. The lowest BCUT2D eigenvalue weighted by Crippen LogP contribution is -2.61. The number of likely N-dealkylation sites (N-methyl/N-ethyl adjacent to an activating group) is 1. The molecule has 2 heterocycles. The van der Waals surface area contributed by atoms with Crippen molar-refractivity contribution in [3.8, 4) is 5.75 Å². The first kappa shape index (κ1) is 23.1. The van der Waals surface area contributed by atoms with Crippen LogP contribution in [0.2, 0.25) is 0 Å². The molecule has 4 aliphatic rings. The summed E-state index contributed by atoms with van der Waals surface area (Å²) in [6, 6.07) is 8.97. The molecule has 2 aliphatic carbocycles. The molecule has 2 N–H and O–H groups in total. The lowest BCUT2D eigenvalue weighted by molar-refractivity contribution is -0.385. The fourth-order valence-corrected chi connectivity index (χ4v) is 5.79. The highest BCUT2D eigenvalue weighted by Gasteiger charge is 2.73. The first-order chi connectivity index (χ1) is 17.6. The maximum atomic E-state index is 14.2. The van der Waals surface area contributed by atoms with Gasteiger partial charge in [0.25, 0.3) is 17.4 Å². The number of nitro groups is 1. The lowest BCUT2D eigenvalue weighted by atomic mass is 9.81. The van der Waals surface area contributed by atoms with E-state index in [2.05, 4.69) is 10.4 Å². The molecule has 2 aliphatic heterocycles. The number of benzene rings is 2.